The number of sulfonamides is 1. The smallest absolute Gasteiger partial charge is 0.303 e. The topological polar surface area (TPSA) is 93.1 Å². The molecule has 32 heavy (non-hydrogen) atoms. The molecule has 0 aromatic heterocycles. The van der Waals surface area contributed by atoms with Crippen LogP contribution in [0.1, 0.15) is 48.8 Å². The Morgan fingerprint density at radius 2 is 2.03 bits per heavy atom. The van der Waals surface area contributed by atoms with Gasteiger partial charge in [0.1, 0.15) is 16.7 Å². The van der Waals surface area contributed by atoms with Crippen LogP contribution in [0, 0.1) is 6.92 Å². The predicted octanol–water partition coefficient (Wildman–Crippen LogP) is 3.95. The number of carboxylic acid groups (broad SMARTS) is 1. The number of fused-ring (bicyclic) bond motifs is 1. The van der Waals surface area contributed by atoms with Gasteiger partial charge in [0.05, 0.1) is 13.0 Å². The second kappa shape index (κ2) is 10.5. The van der Waals surface area contributed by atoms with Crippen molar-refractivity contribution in [1.82, 2.24) is 4.31 Å². The molecule has 2 aromatic carbocycles. The van der Waals surface area contributed by atoms with Gasteiger partial charge in [-0.3, -0.25) is 4.79 Å². The van der Waals surface area contributed by atoms with Gasteiger partial charge in [-0.15, -0.1) is 0 Å². The molecule has 0 bridgehead atoms. The summed E-state index contributed by atoms with van der Waals surface area (Å²) in [4.78, 5) is 11.6. The van der Waals surface area contributed by atoms with Gasteiger partial charge in [0.25, 0.3) is 0 Å². The van der Waals surface area contributed by atoms with E-state index in [4.69, 9.17) is 9.47 Å². The van der Waals surface area contributed by atoms with E-state index in [1.165, 1.54) is 4.31 Å². The van der Waals surface area contributed by atoms with E-state index in [0.717, 1.165) is 23.1 Å². The summed E-state index contributed by atoms with van der Waals surface area (Å²) in [6.45, 7) is 4.79. The van der Waals surface area contributed by atoms with Crippen LogP contribution in [0.5, 0.6) is 5.75 Å². The van der Waals surface area contributed by atoms with Crippen LogP contribution in [-0.4, -0.2) is 50.2 Å². The van der Waals surface area contributed by atoms with Gasteiger partial charge in [-0.1, -0.05) is 30.3 Å². The molecule has 1 N–H and O–H groups in total. The number of hydrogen-bond donors (Lipinski definition) is 1. The molecule has 0 radical (unpaired) electrons. The van der Waals surface area contributed by atoms with Crippen molar-refractivity contribution < 1.29 is 27.8 Å². The van der Waals surface area contributed by atoms with Crippen LogP contribution in [-0.2, 0) is 26.1 Å². The van der Waals surface area contributed by atoms with Crippen molar-refractivity contribution >= 4 is 16.0 Å². The lowest BCUT2D eigenvalue weighted by molar-refractivity contribution is -0.137. The van der Waals surface area contributed by atoms with Gasteiger partial charge >= 0.3 is 5.97 Å². The zero-order valence-corrected chi connectivity index (χ0v) is 19.6. The van der Waals surface area contributed by atoms with Crippen molar-refractivity contribution in [3.63, 3.8) is 0 Å². The number of aryl methyl sites for hydroxylation is 1. The molecular weight excluding hydrogens is 430 g/mol. The minimum Gasteiger partial charge on any atom is -0.488 e. The van der Waals surface area contributed by atoms with Gasteiger partial charge in [0.15, 0.2) is 0 Å². The summed E-state index contributed by atoms with van der Waals surface area (Å²) in [5.74, 6) is -0.648. The Kier molecular flexibility index (Phi) is 7.92. The molecule has 8 heteroatoms. The van der Waals surface area contributed by atoms with E-state index in [-0.39, 0.29) is 36.4 Å². The molecule has 2 aromatic rings. The van der Waals surface area contributed by atoms with Crippen molar-refractivity contribution in [3.8, 4) is 5.75 Å². The molecule has 7 nitrogen and oxygen atoms in total. The highest BCUT2D eigenvalue weighted by Crippen LogP contribution is 2.33. The SMILES string of the molecule is COCCCC(CC(=O)O)c1ccc(C)c(CN2CC(C)Oc3ccccc3S2(=O)=O)c1. The first-order chi connectivity index (χ1) is 15.2. The lowest BCUT2D eigenvalue weighted by Crippen LogP contribution is -2.35. The van der Waals surface area contributed by atoms with Crippen molar-refractivity contribution in [2.24, 2.45) is 0 Å². The third-order valence-electron chi connectivity index (χ3n) is 5.77. The summed E-state index contributed by atoms with van der Waals surface area (Å²) in [5, 5.41) is 9.38. The van der Waals surface area contributed by atoms with Crippen molar-refractivity contribution in [3.05, 3.63) is 59.2 Å². The first-order valence-electron chi connectivity index (χ1n) is 10.8. The Morgan fingerprint density at radius 1 is 1.28 bits per heavy atom. The van der Waals surface area contributed by atoms with Gasteiger partial charge in [-0.25, -0.2) is 8.42 Å². The van der Waals surface area contributed by atoms with E-state index in [1.54, 1.807) is 31.4 Å². The van der Waals surface area contributed by atoms with E-state index in [1.807, 2.05) is 32.0 Å². The van der Waals surface area contributed by atoms with Crippen LogP contribution in [0.2, 0.25) is 0 Å². The van der Waals surface area contributed by atoms with Crippen LogP contribution >= 0.6 is 0 Å². The van der Waals surface area contributed by atoms with Gasteiger partial charge in [-0.2, -0.15) is 4.31 Å². The lowest BCUT2D eigenvalue weighted by atomic mass is 9.89. The van der Waals surface area contributed by atoms with Gasteiger partial charge in [0.2, 0.25) is 10.0 Å². The zero-order valence-electron chi connectivity index (χ0n) is 18.8. The highest BCUT2D eigenvalue weighted by atomic mass is 32.2. The number of aliphatic carboxylic acids is 1. The lowest BCUT2D eigenvalue weighted by Gasteiger charge is -2.23. The summed E-state index contributed by atoms with van der Waals surface area (Å²) in [7, 11) is -2.11. The van der Waals surface area contributed by atoms with Crippen molar-refractivity contribution in [2.45, 2.75) is 56.6 Å². The van der Waals surface area contributed by atoms with Crippen LogP contribution in [0.15, 0.2) is 47.4 Å². The second-order valence-corrected chi connectivity index (χ2v) is 10.2. The van der Waals surface area contributed by atoms with E-state index in [0.29, 0.717) is 18.8 Å². The molecule has 2 atom stereocenters. The van der Waals surface area contributed by atoms with Crippen LogP contribution in [0.4, 0.5) is 0 Å². The monoisotopic (exact) mass is 461 g/mol. The molecular formula is C24H31NO6S. The highest BCUT2D eigenvalue weighted by Gasteiger charge is 2.33. The maximum atomic E-state index is 13.4. The number of carboxylic acids is 1. The van der Waals surface area contributed by atoms with Crippen LogP contribution < -0.4 is 4.74 Å². The Morgan fingerprint density at radius 3 is 2.75 bits per heavy atom. The fourth-order valence-electron chi connectivity index (χ4n) is 4.07. The average Bonchev–Trinajstić information content (AvgIpc) is 2.82. The van der Waals surface area contributed by atoms with E-state index in [9.17, 15) is 18.3 Å². The number of nitrogens with zero attached hydrogens (tertiary/aromatic N) is 1. The molecule has 0 fully saturated rings. The summed E-state index contributed by atoms with van der Waals surface area (Å²) in [6.07, 6.45) is 1.16. The Hall–Kier alpha value is -2.42. The summed E-state index contributed by atoms with van der Waals surface area (Å²) in [5.41, 5.74) is 2.72. The highest BCUT2D eigenvalue weighted by molar-refractivity contribution is 7.89. The number of carbonyl (C=O) groups is 1. The molecule has 0 aliphatic carbocycles. The molecule has 1 aliphatic rings. The van der Waals surface area contributed by atoms with Gasteiger partial charge in [-0.05, 0) is 61.4 Å². The van der Waals surface area contributed by atoms with Crippen molar-refractivity contribution in [1.29, 1.82) is 0 Å². The van der Waals surface area contributed by atoms with E-state index >= 15 is 0 Å². The molecule has 0 saturated heterocycles. The Labute approximate surface area is 190 Å². The molecule has 1 aliphatic heterocycles. The summed E-state index contributed by atoms with van der Waals surface area (Å²) < 4.78 is 39.2. The predicted molar refractivity (Wildman–Crippen MR) is 121 cm³/mol. The van der Waals surface area contributed by atoms with E-state index < -0.39 is 16.0 Å². The van der Waals surface area contributed by atoms with Crippen LogP contribution in [0.25, 0.3) is 0 Å². The fourth-order valence-corrected chi connectivity index (χ4v) is 5.68. The number of para-hydroxylation sites is 1. The maximum absolute atomic E-state index is 13.4. The summed E-state index contributed by atoms with van der Waals surface area (Å²) >= 11 is 0. The van der Waals surface area contributed by atoms with Crippen molar-refractivity contribution in [2.75, 3.05) is 20.3 Å². The van der Waals surface area contributed by atoms with Gasteiger partial charge < -0.3 is 14.6 Å². The third kappa shape index (κ3) is 5.68. The molecule has 3 rings (SSSR count). The Balaban J connectivity index is 1.92. The molecule has 0 saturated carbocycles. The number of hydrogen-bond acceptors (Lipinski definition) is 5. The fraction of sp³-hybridized carbons (Fsp3) is 0.458. The first-order valence-corrected chi connectivity index (χ1v) is 12.2. The molecule has 0 spiro atoms. The minimum absolute atomic E-state index is 0.0203. The number of rotatable bonds is 9. The normalized spacial score (nSPS) is 18.9. The number of ether oxygens (including phenoxy) is 2. The van der Waals surface area contributed by atoms with E-state index in [2.05, 4.69) is 0 Å². The van der Waals surface area contributed by atoms with Gasteiger partial charge in [0, 0.05) is 20.3 Å². The average molecular weight is 462 g/mol. The summed E-state index contributed by atoms with van der Waals surface area (Å²) in [6, 6.07) is 12.5. The second-order valence-electron chi connectivity index (χ2n) is 8.29. The Bertz CT molecular complexity index is 1050. The molecule has 174 valence electrons. The van der Waals surface area contributed by atoms with Crippen LogP contribution in [0.3, 0.4) is 0 Å². The zero-order chi connectivity index (χ0) is 23.3. The standard InChI is InChI=1S/C24H31NO6S/c1-17-10-11-20(19(14-24(26)27)7-6-12-30-3)13-21(17)16-25-15-18(2)31-22-8-4-5-9-23(22)32(25,28)29/h4-5,8-11,13,18-19H,6-7,12,14-16H2,1-3H3,(H,26,27). The quantitative estimate of drug-likeness (QED) is 0.569. The third-order valence-corrected chi connectivity index (χ3v) is 7.62. The minimum atomic E-state index is -3.74. The molecule has 1 heterocycles. The maximum Gasteiger partial charge on any atom is 0.303 e. The number of benzene rings is 2. The molecule has 0 amide bonds. The molecule has 2 unspecified atom stereocenters. The largest absolute Gasteiger partial charge is 0.488 e. The number of methoxy groups -OCH3 is 1. The first kappa shape index (κ1) is 24.2.